The molecular weight excluding hydrogens is 248 g/mol. The third kappa shape index (κ3) is 1.91. The second-order valence-corrected chi connectivity index (χ2v) is 3.95. The summed E-state index contributed by atoms with van der Waals surface area (Å²) in [6, 6.07) is 8.31. The van der Waals surface area contributed by atoms with E-state index in [1.165, 1.54) is 12.1 Å². The quantitative estimate of drug-likeness (QED) is 0.713. The van der Waals surface area contributed by atoms with Crippen molar-refractivity contribution in [3.05, 3.63) is 52.4 Å². The monoisotopic (exact) mass is 256 g/mol. The highest BCUT2D eigenvalue weighted by Gasteiger charge is 2.11. The molecular formula is C14H8O5. The van der Waals surface area contributed by atoms with Crippen LogP contribution in [0.15, 0.2) is 50.0 Å². The van der Waals surface area contributed by atoms with Gasteiger partial charge < -0.3 is 13.9 Å². The first-order valence-electron chi connectivity index (χ1n) is 5.51. The zero-order chi connectivity index (χ0) is 13.4. The Kier molecular flexibility index (Phi) is 2.45. The molecule has 3 rings (SSSR count). The van der Waals surface area contributed by atoms with Gasteiger partial charge in [0, 0.05) is 6.08 Å². The molecule has 0 amide bonds. The molecule has 0 bridgehead atoms. The minimum atomic E-state index is -1.09. The molecule has 2 heterocycles. The van der Waals surface area contributed by atoms with Gasteiger partial charge in [0.05, 0.1) is 5.39 Å². The van der Waals surface area contributed by atoms with Crippen molar-refractivity contribution in [3.8, 4) is 0 Å². The molecule has 0 atom stereocenters. The van der Waals surface area contributed by atoms with Crippen LogP contribution in [-0.2, 0) is 4.79 Å². The van der Waals surface area contributed by atoms with Crippen molar-refractivity contribution in [1.82, 2.24) is 0 Å². The fraction of sp³-hybridized carbons (Fsp3) is 0. The predicted molar refractivity (Wildman–Crippen MR) is 68.9 cm³/mol. The van der Waals surface area contributed by atoms with Gasteiger partial charge >= 0.3 is 11.7 Å². The van der Waals surface area contributed by atoms with Gasteiger partial charge in [-0.2, -0.15) is 0 Å². The Morgan fingerprint density at radius 1 is 1.16 bits per heavy atom. The van der Waals surface area contributed by atoms with Crippen LogP contribution in [0.2, 0.25) is 0 Å². The van der Waals surface area contributed by atoms with E-state index in [4.69, 9.17) is 13.9 Å². The van der Waals surface area contributed by atoms with E-state index >= 15 is 0 Å². The van der Waals surface area contributed by atoms with Gasteiger partial charge in [-0.25, -0.2) is 4.79 Å². The Bertz CT molecular complexity index is 866. The summed E-state index contributed by atoms with van der Waals surface area (Å²) in [4.78, 5) is 22.6. The molecule has 0 fully saturated rings. The van der Waals surface area contributed by atoms with E-state index in [9.17, 15) is 9.59 Å². The standard InChI is InChI=1S/C14H8O5/c15-12(16)6-5-8-7-10-13(17)9-3-1-2-4-11(9)19-14(10)18-8/h1-7H,(H,15,16)/b6-5+. The van der Waals surface area contributed by atoms with Gasteiger partial charge in [0.25, 0.3) is 0 Å². The number of carbonyl (C=O) groups is 1. The average Bonchev–Trinajstić information content (AvgIpc) is 2.80. The zero-order valence-electron chi connectivity index (χ0n) is 9.62. The average molecular weight is 256 g/mol. The molecule has 2 aromatic heterocycles. The number of para-hydroxylation sites is 1. The first-order chi connectivity index (χ1) is 9.15. The number of hydrogen-bond acceptors (Lipinski definition) is 4. The second-order valence-electron chi connectivity index (χ2n) is 3.95. The third-order valence-corrected chi connectivity index (χ3v) is 2.69. The van der Waals surface area contributed by atoms with Gasteiger partial charge in [0.1, 0.15) is 16.7 Å². The summed E-state index contributed by atoms with van der Waals surface area (Å²) >= 11 is 0. The van der Waals surface area contributed by atoms with Gasteiger partial charge in [-0.1, -0.05) is 12.1 Å². The van der Waals surface area contributed by atoms with Crippen LogP contribution in [0.5, 0.6) is 0 Å². The molecule has 0 aliphatic carbocycles. The second kappa shape index (κ2) is 4.13. The molecule has 94 valence electrons. The van der Waals surface area contributed by atoms with Crippen LogP contribution in [0.3, 0.4) is 0 Å². The lowest BCUT2D eigenvalue weighted by Gasteiger charge is -1.94. The minimum Gasteiger partial charge on any atom is -0.478 e. The summed E-state index contributed by atoms with van der Waals surface area (Å²) in [7, 11) is 0. The summed E-state index contributed by atoms with van der Waals surface area (Å²) in [5, 5.41) is 9.30. The number of fused-ring (bicyclic) bond motifs is 2. The lowest BCUT2D eigenvalue weighted by Crippen LogP contribution is -1.99. The molecule has 1 aromatic carbocycles. The van der Waals surface area contributed by atoms with Gasteiger partial charge in [0.15, 0.2) is 0 Å². The van der Waals surface area contributed by atoms with Crippen molar-refractivity contribution < 1.29 is 18.7 Å². The molecule has 19 heavy (non-hydrogen) atoms. The van der Waals surface area contributed by atoms with Crippen molar-refractivity contribution in [2.75, 3.05) is 0 Å². The topological polar surface area (TPSA) is 80.6 Å². The first-order valence-corrected chi connectivity index (χ1v) is 5.51. The number of furan rings is 1. The number of rotatable bonds is 2. The van der Waals surface area contributed by atoms with Crippen LogP contribution in [0.1, 0.15) is 5.76 Å². The maximum absolute atomic E-state index is 12.2. The lowest BCUT2D eigenvalue weighted by atomic mass is 10.2. The zero-order valence-corrected chi connectivity index (χ0v) is 9.62. The molecule has 0 radical (unpaired) electrons. The summed E-state index contributed by atoms with van der Waals surface area (Å²) in [6.07, 6.45) is 2.20. The van der Waals surface area contributed by atoms with Crippen LogP contribution in [-0.4, -0.2) is 11.1 Å². The maximum atomic E-state index is 12.2. The molecule has 1 N–H and O–H groups in total. The summed E-state index contributed by atoms with van der Waals surface area (Å²) < 4.78 is 10.8. The largest absolute Gasteiger partial charge is 0.478 e. The Labute approximate surface area is 106 Å². The van der Waals surface area contributed by atoms with Crippen LogP contribution in [0, 0.1) is 0 Å². The maximum Gasteiger partial charge on any atom is 0.328 e. The molecule has 0 unspecified atom stereocenters. The smallest absolute Gasteiger partial charge is 0.328 e. The van der Waals surface area contributed by atoms with E-state index in [1.807, 2.05) is 0 Å². The summed E-state index contributed by atoms with van der Waals surface area (Å²) in [6.45, 7) is 0. The molecule has 0 aliphatic heterocycles. The number of carboxylic acids is 1. The highest BCUT2D eigenvalue weighted by Crippen LogP contribution is 2.22. The van der Waals surface area contributed by atoms with Crippen LogP contribution in [0.4, 0.5) is 0 Å². The van der Waals surface area contributed by atoms with Crippen molar-refractivity contribution in [3.63, 3.8) is 0 Å². The van der Waals surface area contributed by atoms with Crippen molar-refractivity contribution in [2.45, 2.75) is 0 Å². The summed E-state index contributed by atoms with van der Waals surface area (Å²) in [5.74, 6) is -0.743. The normalized spacial score (nSPS) is 11.6. The Balaban J connectivity index is 2.28. The molecule has 0 spiro atoms. The van der Waals surface area contributed by atoms with E-state index in [-0.39, 0.29) is 17.0 Å². The van der Waals surface area contributed by atoms with Crippen molar-refractivity contribution >= 4 is 34.2 Å². The molecule has 0 saturated heterocycles. The SMILES string of the molecule is O=C(O)/C=C/c1cc2c(=O)c3ccccc3oc2o1. The predicted octanol–water partition coefficient (Wildman–Crippen LogP) is 2.64. The number of hydrogen-bond donors (Lipinski definition) is 1. The lowest BCUT2D eigenvalue weighted by molar-refractivity contribution is -0.131. The van der Waals surface area contributed by atoms with E-state index < -0.39 is 5.97 Å². The van der Waals surface area contributed by atoms with Gasteiger partial charge in [-0.05, 0) is 24.3 Å². The Hall–Kier alpha value is -2.82. The van der Waals surface area contributed by atoms with E-state index in [0.29, 0.717) is 16.4 Å². The fourth-order valence-corrected chi connectivity index (χ4v) is 1.85. The highest BCUT2D eigenvalue weighted by atomic mass is 16.5. The van der Waals surface area contributed by atoms with Gasteiger partial charge in [-0.15, -0.1) is 0 Å². The van der Waals surface area contributed by atoms with Crippen LogP contribution in [0.25, 0.3) is 28.2 Å². The van der Waals surface area contributed by atoms with E-state index in [0.717, 1.165) is 6.08 Å². The Morgan fingerprint density at radius 2 is 1.95 bits per heavy atom. The minimum absolute atomic E-state index is 0.0914. The molecule has 0 saturated carbocycles. The van der Waals surface area contributed by atoms with Crippen LogP contribution < -0.4 is 5.43 Å². The molecule has 0 aliphatic rings. The van der Waals surface area contributed by atoms with Gasteiger partial charge in [0.2, 0.25) is 5.43 Å². The van der Waals surface area contributed by atoms with Crippen LogP contribution >= 0.6 is 0 Å². The molecule has 3 aromatic rings. The highest BCUT2D eigenvalue weighted by molar-refractivity contribution is 5.90. The third-order valence-electron chi connectivity index (χ3n) is 2.69. The number of carboxylic acid groups (broad SMARTS) is 1. The van der Waals surface area contributed by atoms with E-state index in [2.05, 4.69) is 0 Å². The number of aliphatic carboxylic acids is 1. The fourth-order valence-electron chi connectivity index (χ4n) is 1.85. The molecule has 5 nitrogen and oxygen atoms in total. The first kappa shape index (κ1) is 11.3. The summed E-state index contributed by atoms with van der Waals surface area (Å²) in [5.41, 5.74) is 0.235. The van der Waals surface area contributed by atoms with Gasteiger partial charge in [-0.3, -0.25) is 4.79 Å². The number of benzene rings is 1. The molecule has 5 heteroatoms. The van der Waals surface area contributed by atoms with Crippen molar-refractivity contribution in [2.24, 2.45) is 0 Å². The van der Waals surface area contributed by atoms with E-state index in [1.54, 1.807) is 24.3 Å². The van der Waals surface area contributed by atoms with Crippen molar-refractivity contribution in [1.29, 1.82) is 0 Å². The Morgan fingerprint density at radius 3 is 2.74 bits per heavy atom.